The van der Waals surface area contributed by atoms with Gasteiger partial charge >= 0.3 is 0 Å². The highest BCUT2D eigenvalue weighted by atomic mass is 35.5. The van der Waals surface area contributed by atoms with Crippen molar-refractivity contribution in [1.29, 1.82) is 0 Å². The minimum absolute atomic E-state index is 0.496. The molecule has 0 radical (unpaired) electrons. The standard InChI is InChI=1S/C18H24ClN3O/c1-13-8-15(19)9-16-17(4-5-20-18(13)16)22-6-7-23-12-14(11-22)10-21(2)3/h4-5,8-9,14H,6-7,10-12H2,1-3H3. The highest BCUT2D eigenvalue weighted by Crippen LogP contribution is 2.31. The third-order valence-electron chi connectivity index (χ3n) is 4.28. The molecule has 1 aliphatic heterocycles. The molecule has 2 heterocycles. The van der Waals surface area contributed by atoms with Crippen molar-refractivity contribution < 1.29 is 4.74 Å². The molecule has 1 atom stereocenters. The number of ether oxygens (including phenoxy) is 1. The lowest BCUT2D eigenvalue weighted by Crippen LogP contribution is -2.35. The van der Waals surface area contributed by atoms with Crippen molar-refractivity contribution in [3.05, 3.63) is 35.0 Å². The van der Waals surface area contributed by atoms with Crippen LogP contribution in [0.5, 0.6) is 0 Å². The Morgan fingerprint density at radius 2 is 2.22 bits per heavy atom. The van der Waals surface area contributed by atoms with E-state index in [0.29, 0.717) is 5.92 Å². The van der Waals surface area contributed by atoms with Gasteiger partial charge in [-0.1, -0.05) is 11.6 Å². The van der Waals surface area contributed by atoms with Gasteiger partial charge in [0.05, 0.1) is 18.7 Å². The SMILES string of the molecule is Cc1cc(Cl)cc2c(N3CCOCC(CN(C)C)C3)ccnc12. The van der Waals surface area contributed by atoms with E-state index in [4.69, 9.17) is 16.3 Å². The van der Waals surface area contributed by atoms with Crippen LogP contribution in [0, 0.1) is 12.8 Å². The molecule has 0 saturated carbocycles. The number of anilines is 1. The molecule has 2 aromatic rings. The van der Waals surface area contributed by atoms with Crippen molar-refractivity contribution in [2.75, 3.05) is 51.8 Å². The van der Waals surface area contributed by atoms with E-state index >= 15 is 0 Å². The molecule has 1 aromatic heterocycles. The van der Waals surface area contributed by atoms with E-state index in [1.54, 1.807) is 0 Å². The van der Waals surface area contributed by atoms with Crippen LogP contribution in [-0.2, 0) is 4.74 Å². The summed E-state index contributed by atoms with van der Waals surface area (Å²) in [6.07, 6.45) is 1.89. The topological polar surface area (TPSA) is 28.6 Å². The van der Waals surface area contributed by atoms with Crippen molar-refractivity contribution in [1.82, 2.24) is 9.88 Å². The molecule has 0 amide bonds. The molecule has 23 heavy (non-hydrogen) atoms. The lowest BCUT2D eigenvalue weighted by Gasteiger charge is -2.28. The molecule has 3 rings (SSSR count). The molecule has 0 aliphatic carbocycles. The fraction of sp³-hybridized carbons (Fsp3) is 0.500. The second-order valence-electron chi connectivity index (χ2n) is 6.60. The third-order valence-corrected chi connectivity index (χ3v) is 4.50. The number of benzene rings is 1. The minimum Gasteiger partial charge on any atom is -0.379 e. The Bertz CT molecular complexity index is 689. The van der Waals surface area contributed by atoms with Crippen LogP contribution < -0.4 is 4.90 Å². The Labute approximate surface area is 143 Å². The van der Waals surface area contributed by atoms with E-state index in [1.807, 2.05) is 18.3 Å². The van der Waals surface area contributed by atoms with Crippen LogP contribution in [0.3, 0.4) is 0 Å². The first-order valence-electron chi connectivity index (χ1n) is 8.07. The number of hydrogen-bond donors (Lipinski definition) is 0. The average Bonchev–Trinajstić information content (AvgIpc) is 2.71. The molecule has 124 valence electrons. The van der Waals surface area contributed by atoms with Crippen molar-refractivity contribution in [3.63, 3.8) is 0 Å². The Balaban J connectivity index is 1.98. The summed E-state index contributed by atoms with van der Waals surface area (Å²) >= 11 is 6.29. The molecular formula is C18H24ClN3O. The van der Waals surface area contributed by atoms with Gasteiger partial charge < -0.3 is 14.5 Å². The molecule has 4 nitrogen and oxygen atoms in total. The van der Waals surface area contributed by atoms with Crippen LogP contribution in [-0.4, -0.2) is 56.8 Å². The number of halogens is 1. The van der Waals surface area contributed by atoms with E-state index in [2.05, 4.69) is 41.9 Å². The van der Waals surface area contributed by atoms with Crippen LogP contribution in [0.2, 0.25) is 5.02 Å². The second-order valence-corrected chi connectivity index (χ2v) is 7.03. The number of hydrogen-bond acceptors (Lipinski definition) is 4. The Morgan fingerprint density at radius 1 is 1.39 bits per heavy atom. The van der Waals surface area contributed by atoms with E-state index in [1.165, 1.54) is 5.69 Å². The number of aromatic nitrogens is 1. The number of rotatable bonds is 3. The van der Waals surface area contributed by atoms with Crippen LogP contribution in [0.15, 0.2) is 24.4 Å². The summed E-state index contributed by atoms with van der Waals surface area (Å²) in [6.45, 7) is 6.55. The number of aryl methyl sites for hydroxylation is 1. The smallest absolute Gasteiger partial charge is 0.0752 e. The maximum absolute atomic E-state index is 6.29. The van der Waals surface area contributed by atoms with Crippen LogP contribution >= 0.6 is 11.6 Å². The molecule has 0 N–H and O–H groups in total. The van der Waals surface area contributed by atoms with Crippen molar-refractivity contribution in [2.24, 2.45) is 5.92 Å². The van der Waals surface area contributed by atoms with Gasteiger partial charge in [0.15, 0.2) is 0 Å². The number of pyridine rings is 1. The largest absolute Gasteiger partial charge is 0.379 e. The first-order chi connectivity index (χ1) is 11.0. The summed E-state index contributed by atoms with van der Waals surface area (Å²) in [5, 5.41) is 1.89. The van der Waals surface area contributed by atoms with E-state index in [-0.39, 0.29) is 0 Å². The summed E-state index contributed by atoms with van der Waals surface area (Å²) < 4.78 is 5.81. The predicted octanol–water partition coefficient (Wildman–Crippen LogP) is 3.21. The lowest BCUT2D eigenvalue weighted by atomic mass is 10.1. The van der Waals surface area contributed by atoms with Gasteiger partial charge in [-0.05, 0) is 44.8 Å². The lowest BCUT2D eigenvalue weighted by molar-refractivity contribution is 0.113. The molecule has 0 bridgehead atoms. The van der Waals surface area contributed by atoms with E-state index < -0.39 is 0 Å². The fourth-order valence-corrected chi connectivity index (χ4v) is 3.65. The summed E-state index contributed by atoms with van der Waals surface area (Å²) in [6, 6.07) is 6.09. The molecule has 1 aromatic carbocycles. The maximum Gasteiger partial charge on any atom is 0.0752 e. The molecule has 1 saturated heterocycles. The highest BCUT2D eigenvalue weighted by Gasteiger charge is 2.21. The normalized spacial score (nSPS) is 19.3. The van der Waals surface area contributed by atoms with Crippen LogP contribution in [0.1, 0.15) is 5.56 Å². The molecule has 1 unspecified atom stereocenters. The van der Waals surface area contributed by atoms with Gasteiger partial charge in [0.2, 0.25) is 0 Å². The van der Waals surface area contributed by atoms with E-state index in [0.717, 1.165) is 54.3 Å². The monoisotopic (exact) mass is 333 g/mol. The zero-order valence-electron chi connectivity index (χ0n) is 14.1. The van der Waals surface area contributed by atoms with Gasteiger partial charge in [0.25, 0.3) is 0 Å². The average molecular weight is 334 g/mol. The van der Waals surface area contributed by atoms with Crippen LogP contribution in [0.25, 0.3) is 10.9 Å². The Hall–Kier alpha value is -1.36. The van der Waals surface area contributed by atoms with Crippen molar-refractivity contribution in [2.45, 2.75) is 6.92 Å². The van der Waals surface area contributed by atoms with Gasteiger partial charge in [0.1, 0.15) is 0 Å². The molecular weight excluding hydrogens is 310 g/mol. The van der Waals surface area contributed by atoms with Crippen molar-refractivity contribution >= 4 is 28.2 Å². The third kappa shape index (κ3) is 3.77. The zero-order chi connectivity index (χ0) is 16.4. The molecule has 1 aliphatic rings. The first kappa shape index (κ1) is 16.5. The fourth-order valence-electron chi connectivity index (χ4n) is 3.38. The molecule has 5 heteroatoms. The van der Waals surface area contributed by atoms with Gasteiger partial charge in [-0.25, -0.2) is 0 Å². The maximum atomic E-state index is 6.29. The first-order valence-corrected chi connectivity index (χ1v) is 8.44. The second kappa shape index (κ2) is 7.04. The quantitative estimate of drug-likeness (QED) is 0.862. The number of nitrogens with zero attached hydrogens (tertiary/aromatic N) is 3. The van der Waals surface area contributed by atoms with E-state index in [9.17, 15) is 0 Å². The zero-order valence-corrected chi connectivity index (χ0v) is 14.8. The van der Waals surface area contributed by atoms with Gasteiger partial charge in [0, 0.05) is 47.8 Å². The van der Waals surface area contributed by atoms with Gasteiger partial charge in [-0.15, -0.1) is 0 Å². The number of fused-ring (bicyclic) bond motifs is 1. The summed E-state index contributed by atoms with van der Waals surface area (Å²) in [5.74, 6) is 0.496. The summed E-state index contributed by atoms with van der Waals surface area (Å²) in [7, 11) is 4.22. The molecule has 1 fully saturated rings. The molecule has 0 spiro atoms. The highest BCUT2D eigenvalue weighted by molar-refractivity contribution is 6.31. The summed E-state index contributed by atoms with van der Waals surface area (Å²) in [4.78, 5) is 9.19. The van der Waals surface area contributed by atoms with Gasteiger partial charge in [-0.2, -0.15) is 0 Å². The van der Waals surface area contributed by atoms with Crippen molar-refractivity contribution in [3.8, 4) is 0 Å². The van der Waals surface area contributed by atoms with Crippen LogP contribution in [0.4, 0.5) is 5.69 Å². The Morgan fingerprint density at radius 3 is 3.00 bits per heavy atom. The predicted molar refractivity (Wildman–Crippen MR) is 96.6 cm³/mol. The summed E-state index contributed by atoms with van der Waals surface area (Å²) in [5.41, 5.74) is 3.35. The Kier molecular flexibility index (Phi) is 5.05. The van der Waals surface area contributed by atoms with Gasteiger partial charge in [-0.3, -0.25) is 4.98 Å². The minimum atomic E-state index is 0.496.